The van der Waals surface area contributed by atoms with Gasteiger partial charge in [0.1, 0.15) is 18.1 Å². The zero-order valence-electron chi connectivity index (χ0n) is 18.6. The van der Waals surface area contributed by atoms with E-state index in [0.29, 0.717) is 12.5 Å². The zero-order chi connectivity index (χ0) is 22.1. The number of hydrogen-bond acceptors (Lipinski definition) is 6. The highest BCUT2D eigenvalue weighted by Gasteiger charge is 2.43. The first-order valence-electron chi connectivity index (χ1n) is 11.2. The Balaban J connectivity index is 1.43. The smallest absolute Gasteiger partial charge is 0.225 e. The van der Waals surface area contributed by atoms with Gasteiger partial charge in [-0.3, -0.25) is 4.79 Å². The van der Waals surface area contributed by atoms with Gasteiger partial charge in [0.15, 0.2) is 0 Å². The van der Waals surface area contributed by atoms with Crippen LogP contribution in [0.1, 0.15) is 17.2 Å². The molecule has 0 aliphatic carbocycles. The van der Waals surface area contributed by atoms with Crippen molar-refractivity contribution in [3.05, 3.63) is 59.7 Å². The molecule has 32 heavy (non-hydrogen) atoms. The van der Waals surface area contributed by atoms with Crippen LogP contribution in [0.3, 0.4) is 0 Å². The lowest BCUT2D eigenvalue weighted by molar-refractivity contribution is -0.122. The third-order valence-corrected chi connectivity index (χ3v) is 6.66. The summed E-state index contributed by atoms with van der Waals surface area (Å²) in [4.78, 5) is 14.6. The van der Waals surface area contributed by atoms with E-state index in [0.717, 1.165) is 54.5 Å². The minimum atomic E-state index is 0.0187. The van der Waals surface area contributed by atoms with Gasteiger partial charge in [-0.1, -0.05) is 12.1 Å². The highest BCUT2D eigenvalue weighted by Crippen LogP contribution is 2.42. The number of rotatable bonds is 7. The molecule has 0 aromatic heterocycles. The Morgan fingerprint density at radius 3 is 2.69 bits per heavy atom. The molecule has 3 N–H and O–H groups in total. The van der Waals surface area contributed by atoms with E-state index in [1.165, 1.54) is 5.70 Å². The first-order chi connectivity index (χ1) is 15.7. The summed E-state index contributed by atoms with van der Waals surface area (Å²) < 4.78 is 11.2. The summed E-state index contributed by atoms with van der Waals surface area (Å²) in [6.07, 6.45) is 2.28. The van der Waals surface area contributed by atoms with Crippen LogP contribution in [-0.4, -0.2) is 57.8 Å². The number of carbonyl (C=O) groups excluding carboxylic acids is 1. The first kappa shape index (κ1) is 20.7. The molecule has 5 rings (SSSR count). The Hall–Kier alpha value is -3.19. The molecule has 2 saturated heterocycles. The maximum Gasteiger partial charge on any atom is 0.225 e. The fourth-order valence-electron chi connectivity index (χ4n) is 4.88. The van der Waals surface area contributed by atoms with Crippen LogP contribution in [0.15, 0.2) is 48.5 Å². The Morgan fingerprint density at radius 2 is 1.94 bits per heavy atom. The second kappa shape index (κ2) is 8.74. The van der Waals surface area contributed by atoms with E-state index in [1.54, 1.807) is 7.11 Å². The van der Waals surface area contributed by atoms with Crippen molar-refractivity contribution in [3.8, 4) is 11.5 Å². The number of hydrogen-bond donors (Lipinski definition) is 3. The molecule has 168 valence electrons. The number of nitrogens with zero attached hydrogens (tertiary/aromatic N) is 1. The number of amides is 1. The van der Waals surface area contributed by atoms with Gasteiger partial charge < -0.3 is 30.3 Å². The van der Waals surface area contributed by atoms with E-state index in [4.69, 9.17) is 9.47 Å². The van der Waals surface area contributed by atoms with Crippen LogP contribution in [0.25, 0.3) is 5.70 Å². The molecule has 2 aromatic rings. The summed E-state index contributed by atoms with van der Waals surface area (Å²) in [6.45, 7) is 3.88. The lowest BCUT2D eigenvalue weighted by Crippen LogP contribution is -2.30. The van der Waals surface area contributed by atoms with Crippen molar-refractivity contribution in [2.75, 3.05) is 52.3 Å². The average molecular weight is 435 g/mol. The number of carbonyl (C=O) groups is 1. The molecule has 0 saturated carbocycles. The maximum atomic E-state index is 12.2. The lowest BCUT2D eigenvalue weighted by Gasteiger charge is -2.32. The van der Waals surface area contributed by atoms with Crippen LogP contribution < -0.4 is 25.4 Å². The summed E-state index contributed by atoms with van der Waals surface area (Å²) in [5.74, 6) is 2.34. The molecule has 3 heterocycles. The molecule has 3 atom stereocenters. The molecule has 7 nitrogen and oxygen atoms in total. The molecule has 0 radical (unpaired) electrons. The Bertz CT molecular complexity index is 1020. The third-order valence-electron chi connectivity index (χ3n) is 6.66. The fraction of sp³-hybridized carbons (Fsp3) is 0.400. The highest BCUT2D eigenvalue weighted by molar-refractivity contribution is 5.84. The second-order valence-corrected chi connectivity index (χ2v) is 8.62. The molecule has 0 bridgehead atoms. The van der Waals surface area contributed by atoms with Crippen molar-refractivity contribution in [2.24, 2.45) is 11.8 Å². The van der Waals surface area contributed by atoms with Crippen molar-refractivity contribution in [1.82, 2.24) is 15.5 Å². The molecule has 0 spiro atoms. The van der Waals surface area contributed by atoms with Gasteiger partial charge in [-0.2, -0.15) is 0 Å². The molecule has 1 amide bonds. The van der Waals surface area contributed by atoms with Crippen LogP contribution in [0.4, 0.5) is 5.69 Å². The number of nitrogens with one attached hydrogen (secondary N) is 3. The quantitative estimate of drug-likeness (QED) is 0.582. The summed E-state index contributed by atoms with van der Waals surface area (Å²) in [5, 5.41) is 9.75. The molecular weight excluding hydrogens is 404 g/mol. The van der Waals surface area contributed by atoms with Crippen molar-refractivity contribution in [1.29, 1.82) is 0 Å². The van der Waals surface area contributed by atoms with E-state index in [1.807, 2.05) is 31.3 Å². The monoisotopic (exact) mass is 434 g/mol. The zero-order valence-corrected chi connectivity index (χ0v) is 18.6. The van der Waals surface area contributed by atoms with Crippen LogP contribution in [0.5, 0.6) is 11.5 Å². The molecular formula is C25H30N4O3. The van der Waals surface area contributed by atoms with Gasteiger partial charge in [-0.25, -0.2) is 0 Å². The van der Waals surface area contributed by atoms with Crippen molar-refractivity contribution in [3.63, 3.8) is 0 Å². The van der Waals surface area contributed by atoms with E-state index >= 15 is 0 Å². The molecule has 2 fully saturated rings. The number of methoxy groups -OCH3 is 1. The average Bonchev–Trinajstić information content (AvgIpc) is 3.40. The standard InChI is InChI=1S/C25H30N4O3/c1-26-9-10-32-18-5-3-16(4-6-18)22-12-24(20-8-7-19(31-2)11-23(20)28-22)29-14-17-13-27-25(30)21(17)15-29/h3-8,11-12,17,21-22,26,28H,9-10,13-15H2,1-2H3,(H,27,30). The number of likely N-dealkylation sites (tertiary alicyclic amines) is 1. The van der Waals surface area contributed by atoms with E-state index in [-0.39, 0.29) is 17.9 Å². The van der Waals surface area contributed by atoms with Gasteiger partial charge in [-0.05, 0) is 43.0 Å². The van der Waals surface area contributed by atoms with Gasteiger partial charge in [0.2, 0.25) is 5.91 Å². The lowest BCUT2D eigenvalue weighted by atomic mass is 9.96. The van der Waals surface area contributed by atoms with Gasteiger partial charge in [0.05, 0.1) is 19.1 Å². The predicted octanol–water partition coefficient (Wildman–Crippen LogP) is 2.48. The van der Waals surface area contributed by atoms with Crippen molar-refractivity contribution < 1.29 is 14.3 Å². The highest BCUT2D eigenvalue weighted by atomic mass is 16.5. The fourth-order valence-corrected chi connectivity index (χ4v) is 4.88. The largest absolute Gasteiger partial charge is 0.497 e. The minimum absolute atomic E-state index is 0.0187. The van der Waals surface area contributed by atoms with E-state index in [2.05, 4.69) is 45.1 Å². The number of anilines is 1. The van der Waals surface area contributed by atoms with Gasteiger partial charge in [0.25, 0.3) is 0 Å². The Labute approximate surface area is 188 Å². The summed E-state index contributed by atoms with van der Waals surface area (Å²) in [7, 11) is 3.60. The molecule has 2 aromatic carbocycles. The van der Waals surface area contributed by atoms with E-state index < -0.39 is 0 Å². The summed E-state index contributed by atoms with van der Waals surface area (Å²) >= 11 is 0. The SMILES string of the molecule is CNCCOc1ccc(C2C=C(N3CC4CNC(=O)C4C3)c3ccc(OC)cc3N2)cc1. The number of fused-ring (bicyclic) bond motifs is 2. The van der Waals surface area contributed by atoms with Crippen molar-refractivity contribution >= 4 is 17.3 Å². The third kappa shape index (κ3) is 3.88. The Morgan fingerprint density at radius 1 is 1.12 bits per heavy atom. The van der Waals surface area contributed by atoms with E-state index in [9.17, 15) is 4.79 Å². The number of likely N-dealkylation sites (N-methyl/N-ethyl adjacent to an activating group) is 1. The van der Waals surface area contributed by atoms with Gasteiger partial charge in [-0.15, -0.1) is 0 Å². The van der Waals surface area contributed by atoms with Crippen LogP contribution in [0, 0.1) is 11.8 Å². The number of benzene rings is 2. The van der Waals surface area contributed by atoms with Gasteiger partial charge >= 0.3 is 0 Å². The first-order valence-corrected chi connectivity index (χ1v) is 11.2. The second-order valence-electron chi connectivity index (χ2n) is 8.62. The maximum absolute atomic E-state index is 12.2. The molecule has 3 aliphatic heterocycles. The van der Waals surface area contributed by atoms with Crippen LogP contribution in [0.2, 0.25) is 0 Å². The summed E-state index contributed by atoms with van der Waals surface area (Å²) in [6, 6.07) is 14.4. The molecule has 3 unspecified atom stereocenters. The predicted molar refractivity (Wildman–Crippen MR) is 125 cm³/mol. The van der Waals surface area contributed by atoms with Gasteiger partial charge in [0, 0.05) is 55.1 Å². The topological polar surface area (TPSA) is 74.9 Å². The Kier molecular flexibility index (Phi) is 5.66. The van der Waals surface area contributed by atoms with Crippen molar-refractivity contribution in [2.45, 2.75) is 6.04 Å². The molecule has 7 heteroatoms. The molecule has 3 aliphatic rings. The minimum Gasteiger partial charge on any atom is -0.497 e. The normalized spacial score (nSPS) is 23.7. The summed E-state index contributed by atoms with van der Waals surface area (Å²) in [5.41, 5.74) is 4.54. The van der Waals surface area contributed by atoms with Crippen LogP contribution >= 0.6 is 0 Å². The van der Waals surface area contributed by atoms with Crippen LogP contribution in [-0.2, 0) is 4.79 Å². The number of ether oxygens (including phenoxy) is 2.